The predicted molar refractivity (Wildman–Crippen MR) is 123 cm³/mol. The minimum Gasteiger partial charge on any atom is -0.497 e. The largest absolute Gasteiger partial charge is 0.497 e. The van der Waals surface area contributed by atoms with Crippen LogP contribution in [0.3, 0.4) is 0 Å². The molecule has 0 aromatic heterocycles. The van der Waals surface area contributed by atoms with E-state index in [1.807, 2.05) is 0 Å². The molecule has 0 amide bonds. The van der Waals surface area contributed by atoms with Gasteiger partial charge in [-0.05, 0) is 25.0 Å². The highest BCUT2D eigenvalue weighted by Gasteiger charge is 2.37. The molecule has 5 nitrogen and oxygen atoms in total. The molecule has 0 atom stereocenters. The second-order valence-corrected chi connectivity index (χ2v) is 8.37. The molecule has 1 aromatic carbocycles. The normalized spacial score (nSPS) is 11.3. The van der Waals surface area contributed by atoms with Crippen LogP contribution >= 0.6 is 0 Å². The standard InChI is InChI=1S/C25H40N2O3/c1-4-6-8-10-12-14-18-25(21-26,19-15-13-11-9-7-5-2)23-20-22(30-3)16-17-24(23)27(28)29/h16-17,20H,4-15,18-19H2,1-3H3. The van der Waals surface area contributed by atoms with E-state index in [2.05, 4.69) is 19.9 Å². The molecule has 0 bridgehead atoms. The van der Waals surface area contributed by atoms with Gasteiger partial charge in [-0.3, -0.25) is 10.1 Å². The van der Waals surface area contributed by atoms with Crippen molar-refractivity contribution in [3.63, 3.8) is 0 Å². The fraction of sp³-hybridized carbons (Fsp3) is 0.720. The summed E-state index contributed by atoms with van der Waals surface area (Å²) in [5, 5.41) is 22.0. The molecular weight excluding hydrogens is 376 g/mol. The lowest BCUT2D eigenvalue weighted by atomic mass is 9.73. The number of benzene rings is 1. The maximum atomic E-state index is 11.7. The van der Waals surface area contributed by atoms with Crippen LogP contribution in [-0.4, -0.2) is 12.0 Å². The Morgan fingerprint density at radius 1 is 0.933 bits per heavy atom. The molecule has 0 radical (unpaired) electrons. The van der Waals surface area contributed by atoms with Gasteiger partial charge in [0.2, 0.25) is 0 Å². The van der Waals surface area contributed by atoms with E-state index < -0.39 is 5.41 Å². The first-order valence-electron chi connectivity index (χ1n) is 11.8. The number of nitro benzene ring substituents is 1. The second kappa shape index (κ2) is 14.8. The van der Waals surface area contributed by atoms with Crippen molar-refractivity contribution in [3.05, 3.63) is 33.9 Å². The molecule has 1 rings (SSSR count). The second-order valence-electron chi connectivity index (χ2n) is 8.37. The molecule has 0 saturated heterocycles. The summed E-state index contributed by atoms with van der Waals surface area (Å²) >= 11 is 0. The van der Waals surface area contributed by atoms with Crippen LogP contribution in [0.1, 0.15) is 109 Å². The fourth-order valence-electron chi connectivity index (χ4n) is 4.17. The van der Waals surface area contributed by atoms with Crippen molar-refractivity contribution in [1.82, 2.24) is 0 Å². The van der Waals surface area contributed by atoms with Crippen LogP contribution in [0.2, 0.25) is 0 Å². The van der Waals surface area contributed by atoms with Gasteiger partial charge in [0.1, 0.15) is 5.75 Å². The minimum absolute atomic E-state index is 0.0364. The Kier molecular flexibility index (Phi) is 12.8. The van der Waals surface area contributed by atoms with Gasteiger partial charge in [-0.1, -0.05) is 90.9 Å². The minimum atomic E-state index is -0.827. The summed E-state index contributed by atoms with van der Waals surface area (Å²) in [6, 6.07) is 7.34. The molecule has 30 heavy (non-hydrogen) atoms. The van der Waals surface area contributed by atoms with Gasteiger partial charge >= 0.3 is 0 Å². The number of methoxy groups -OCH3 is 1. The Bertz CT molecular complexity index is 651. The number of nitriles is 1. The zero-order valence-electron chi connectivity index (χ0n) is 19.3. The third-order valence-electron chi connectivity index (χ3n) is 6.04. The van der Waals surface area contributed by atoms with Gasteiger partial charge in [-0.25, -0.2) is 0 Å². The number of nitro groups is 1. The van der Waals surface area contributed by atoms with Crippen molar-refractivity contribution in [1.29, 1.82) is 5.26 Å². The zero-order valence-corrected chi connectivity index (χ0v) is 19.3. The lowest BCUT2D eigenvalue weighted by Gasteiger charge is -2.27. The Labute approximate surface area is 183 Å². The van der Waals surface area contributed by atoms with E-state index >= 15 is 0 Å². The van der Waals surface area contributed by atoms with E-state index in [4.69, 9.17) is 4.74 Å². The maximum absolute atomic E-state index is 11.7. The number of unbranched alkanes of at least 4 members (excludes halogenated alkanes) is 10. The highest BCUT2D eigenvalue weighted by Crippen LogP contribution is 2.41. The molecule has 0 saturated carbocycles. The van der Waals surface area contributed by atoms with Crippen molar-refractivity contribution in [2.24, 2.45) is 0 Å². The smallest absolute Gasteiger partial charge is 0.274 e. The predicted octanol–water partition coefficient (Wildman–Crippen LogP) is 7.87. The number of hydrogen-bond donors (Lipinski definition) is 0. The molecule has 0 aliphatic carbocycles. The lowest BCUT2D eigenvalue weighted by Crippen LogP contribution is -2.26. The highest BCUT2D eigenvalue weighted by molar-refractivity contribution is 5.52. The molecule has 0 N–H and O–H groups in total. The Morgan fingerprint density at radius 2 is 1.43 bits per heavy atom. The van der Waals surface area contributed by atoms with E-state index in [1.165, 1.54) is 44.6 Å². The summed E-state index contributed by atoms with van der Waals surface area (Å²) in [5.41, 5.74) is -0.266. The van der Waals surface area contributed by atoms with E-state index in [-0.39, 0.29) is 10.6 Å². The molecule has 0 aliphatic heterocycles. The first-order chi connectivity index (χ1) is 14.5. The highest BCUT2D eigenvalue weighted by atomic mass is 16.6. The van der Waals surface area contributed by atoms with Crippen LogP contribution in [0.25, 0.3) is 0 Å². The van der Waals surface area contributed by atoms with Crippen LogP contribution in [0.15, 0.2) is 18.2 Å². The molecular formula is C25H40N2O3. The summed E-state index contributed by atoms with van der Waals surface area (Å²) < 4.78 is 5.34. The topological polar surface area (TPSA) is 76.2 Å². The van der Waals surface area contributed by atoms with Crippen LogP contribution in [0.4, 0.5) is 5.69 Å². The van der Waals surface area contributed by atoms with Gasteiger partial charge in [0.05, 0.1) is 29.1 Å². The summed E-state index contributed by atoms with van der Waals surface area (Å²) in [5.74, 6) is 0.570. The summed E-state index contributed by atoms with van der Waals surface area (Å²) in [7, 11) is 1.56. The van der Waals surface area contributed by atoms with Crippen LogP contribution in [-0.2, 0) is 5.41 Å². The molecule has 168 valence electrons. The summed E-state index contributed by atoms with van der Waals surface area (Å²) in [6.45, 7) is 4.40. The quantitative estimate of drug-likeness (QED) is 0.147. The molecule has 0 unspecified atom stereocenters. The summed E-state index contributed by atoms with van der Waals surface area (Å²) in [6.07, 6.45) is 14.9. The number of nitrogens with zero attached hydrogens (tertiary/aromatic N) is 2. The zero-order chi connectivity index (χ0) is 22.2. The first-order valence-corrected chi connectivity index (χ1v) is 11.8. The van der Waals surface area contributed by atoms with Crippen LogP contribution in [0.5, 0.6) is 5.75 Å². The van der Waals surface area contributed by atoms with Gasteiger partial charge in [0, 0.05) is 6.07 Å². The van der Waals surface area contributed by atoms with Crippen molar-refractivity contribution in [2.75, 3.05) is 7.11 Å². The molecule has 1 aromatic rings. The SMILES string of the molecule is CCCCCCCCC(C#N)(CCCCCCCC)c1cc(OC)ccc1[N+](=O)[O-]. The first kappa shape index (κ1) is 25.9. The molecule has 0 aliphatic rings. The monoisotopic (exact) mass is 416 g/mol. The third-order valence-corrected chi connectivity index (χ3v) is 6.04. The van der Waals surface area contributed by atoms with Crippen LogP contribution < -0.4 is 4.74 Å². The number of rotatable bonds is 17. The van der Waals surface area contributed by atoms with Gasteiger partial charge in [-0.15, -0.1) is 0 Å². The average Bonchev–Trinajstić information content (AvgIpc) is 2.76. The molecule has 0 heterocycles. The van der Waals surface area contributed by atoms with Crippen molar-refractivity contribution in [2.45, 2.75) is 109 Å². The average molecular weight is 417 g/mol. The third kappa shape index (κ3) is 8.34. The lowest BCUT2D eigenvalue weighted by molar-refractivity contribution is -0.386. The molecule has 0 spiro atoms. The molecule has 0 fully saturated rings. The Balaban J connectivity index is 3.03. The van der Waals surface area contributed by atoms with E-state index in [0.29, 0.717) is 24.2 Å². The Morgan fingerprint density at radius 3 is 1.87 bits per heavy atom. The van der Waals surface area contributed by atoms with E-state index in [9.17, 15) is 15.4 Å². The Hall–Kier alpha value is -2.09. The van der Waals surface area contributed by atoms with Crippen molar-refractivity contribution < 1.29 is 9.66 Å². The van der Waals surface area contributed by atoms with E-state index in [1.54, 1.807) is 19.2 Å². The van der Waals surface area contributed by atoms with Gasteiger partial charge in [-0.2, -0.15) is 5.26 Å². The van der Waals surface area contributed by atoms with Gasteiger partial charge < -0.3 is 4.74 Å². The van der Waals surface area contributed by atoms with Crippen molar-refractivity contribution in [3.8, 4) is 11.8 Å². The molecule has 5 heteroatoms. The number of ether oxygens (including phenoxy) is 1. The number of hydrogen-bond acceptors (Lipinski definition) is 4. The summed E-state index contributed by atoms with van der Waals surface area (Å²) in [4.78, 5) is 11.4. The van der Waals surface area contributed by atoms with Crippen LogP contribution in [0, 0.1) is 21.4 Å². The maximum Gasteiger partial charge on any atom is 0.274 e. The van der Waals surface area contributed by atoms with Gasteiger partial charge in [0.15, 0.2) is 0 Å². The fourth-order valence-corrected chi connectivity index (χ4v) is 4.17. The van der Waals surface area contributed by atoms with Crippen molar-refractivity contribution >= 4 is 5.69 Å². The van der Waals surface area contributed by atoms with Gasteiger partial charge in [0.25, 0.3) is 5.69 Å². The van der Waals surface area contributed by atoms with E-state index in [0.717, 1.165) is 38.5 Å².